The molecule has 0 spiro atoms. The number of methoxy groups -OCH3 is 1. The highest BCUT2D eigenvalue weighted by molar-refractivity contribution is 9.10. The number of benzene rings is 1. The van der Waals surface area contributed by atoms with Crippen LogP contribution in [0.5, 0.6) is 5.75 Å². The van der Waals surface area contributed by atoms with E-state index < -0.39 is 0 Å². The summed E-state index contributed by atoms with van der Waals surface area (Å²) in [7, 11) is 3.58. The first-order valence-electron chi connectivity index (χ1n) is 12.1. The van der Waals surface area contributed by atoms with Crippen molar-refractivity contribution in [2.75, 3.05) is 33.8 Å². The molecule has 2 aliphatic heterocycles. The first-order chi connectivity index (χ1) is 15.5. The summed E-state index contributed by atoms with van der Waals surface area (Å²) in [6.07, 6.45) is 9.16. The Labute approximate surface area is 200 Å². The molecule has 6 nitrogen and oxygen atoms in total. The summed E-state index contributed by atoms with van der Waals surface area (Å²) in [6, 6.07) is 6.18. The molecule has 176 valence electrons. The molecule has 0 radical (unpaired) electrons. The third kappa shape index (κ3) is 5.30. The number of carbonyl (C=O) groups is 2. The number of piperidine rings is 1. The molecular formula is C25H36BrN3O3. The molecule has 2 heterocycles. The summed E-state index contributed by atoms with van der Waals surface area (Å²) in [4.78, 5) is 31.8. The van der Waals surface area contributed by atoms with Crippen LogP contribution in [0, 0.1) is 5.92 Å². The van der Waals surface area contributed by atoms with E-state index in [1.54, 1.807) is 12.0 Å². The van der Waals surface area contributed by atoms with Crippen molar-refractivity contribution in [2.45, 2.75) is 69.9 Å². The number of hydrogen-bond acceptors (Lipinski definition) is 4. The lowest BCUT2D eigenvalue weighted by Crippen LogP contribution is -2.61. The lowest BCUT2D eigenvalue weighted by molar-refractivity contribution is -0.135. The maximum Gasteiger partial charge on any atom is 0.327 e. The fraction of sp³-hybridized carbons (Fsp3) is 0.680. The molecule has 1 saturated carbocycles. The van der Waals surface area contributed by atoms with Gasteiger partial charge in [0.2, 0.25) is 5.91 Å². The van der Waals surface area contributed by atoms with Gasteiger partial charge in [0.25, 0.3) is 0 Å². The molecule has 0 aromatic heterocycles. The number of carbonyl (C=O) groups excluding carboxylic acids is 2. The van der Waals surface area contributed by atoms with Crippen molar-refractivity contribution in [3.63, 3.8) is 0 Å². The summed E-state index contributed by atoms with van der Waals surface area (Å²) in [6.45, 7) is 2.83. The lowest BCUT2D eigenvalue weighted by Gasteiger charge is -2.44. The maximum atomic E-state index is 13.0. The summed E-state index contributed by atoms with van der Waals surface area (Å²) in [5.74, 6) is 1.57. The number of likely N-dealkylation sites (N-methyl/N-ethyl adjacent to an activating group) is 1. The van der Waals surface area contributed by atoms with Gasteiger partial charge in [-0.05, 0) is 74.9 Å². The Morgan fingerprint density at radius 2 is 1.78 bits per heavy atom. The first kappa shape index (κ1) is 23.6. The molecule has 3 fully saturated rings. The van der Waals surface area contributed by atoms with Crippen LogP contribution in [0.4, 0.5) is 4.79 Å². The van der Waals surface area contributed by atoms with Gasteiger partial charge in [-0.15, -0.1) is 0 Å². The summed E-state index contributed by atoms with van der Waals surface area (Å²) in [5.41, 5.74) is 1.30. The first-order valence-corrected chi connectivity index (χ1v) is 12.9. The van der Waals surface area contributed by atoms with Crippen LogP contribution in [0.2, 0.25) is 0 Å². The smallest absolute Gasteiger partial charge is 0.327 e. The molecule has 3 aliphatic rings. The Morgan fingerprint density at radius 1 is 1.06 bits per heavy atom. The van der Waals surface area contributed by atoms with E-state index in [-0.39, 0.29) is 24.0 Å². The molecular weight excluding hydrogens is 470 g/mol. The highest BCUT2D eigenvalue weighted by Crippen LogP contribution is 2.30. The van der Waals surface area contributed by atoms with Crippen molar-refractivity contribution in [3.05, 3.63) is 28.2 Å². The van der Waals surface area contributed by atoms with Gasteiger partial charge in [-0.3, -0.25) is 9.69 Å². The molecule has 1 atom stereocenters. The molecule has 32 heavy (non-hydrogen) atoms. The average Bonchev–Trinajstić information content (AvgIpc) is 2.81. The number of ether oxygens (including phenoxy) is 1. The van der Waals surface area contributed by atoms with Crippen molar-refractivity contribution in [1.29, 1.82) is 0 Å². The second-order valence-electron chi connectivity index (χ2n) is 9.71. The normalized spacial score (nSPS) is 24.3. The topological polar surface area (TPSA) is 53.1 Å². The van der Waals surface area contributed by atoms with E-state index in [9.17, 15) is 9.59 Å². The number of hydrogen-bond donors (Lipinski definition) is 0. The van der Waals surface area contributed by atoms with Gasteiger partial charge in [0.15, 0.2) is 0 Å². The van der Waals surface area contributed by atoms with Crippen LogP contribution in [0.3, 0.4) is 0 Å². The molecule has 1 aromatic carbocycles. The maximum absolute atomic E-state index is 13.0. The predicted octanol–water partition coefficient (Wildman–Crippen LogP) is 4.70. The van der Waals surface area contributed by atoms with E-state index in [1.807, 2.05) is 18.0 Å². The lowest BCUT2D eigenvalue weighted by atomic mass is 9.89. The summed E-state index contributed by atoms with van der Waals surface area (Å²) in [5, 5.41) is 0. The number of urea groups is 1. The van der Waals surface area contributed by atoms with Crippen LogP contribution in [0.15, 0.2) is 22.7 Å². The van der Waals surface area contributed by atoms with Gasteiger partial charge in [0.05, 0.1) is 13.2 Å². The Kier molecular flexibility index (Phi) is 7.77. The monoisotopic (exact) mass is 505 g/mol. The van der Waals surface area contributed by atoms with Crippen molar-refractivity contribution in [2.24, 2.45) is 5.92 Å². The van der Waals surface area contributed by atoms with Crippen LogP contribution in [0.1, 0.15) is 56.9 Å². The van der Waals surface area contributed by atoms with E-state index in [0.717, 1.165) is 74.8 Å². The number of imide groups is 1. The van der Waals surface area contributed by atoms with Gasteiger partial charge in [-0.25, -0.2) is 4.79 Å². The van der Waals surface area contributed by atoms with Gasteiger partial charge < -0.3 is 14.5 Å². The zero-order valence-electron chi connectivity index (χ0n) is 19.4. The van der Waals surface area contributed by atoms with Crippen LogP contribution < -0.4 is 4.74 Å². The highest BCUT2D eigenvalue weighted by atomic mass is 79.9. The van der Waals surface area contributed by atoms with Crippen molar-refractivity contribution >= 4 is 27.9 Å². The number of rotatable bonds is 6. The largest absolute Gasteiger partial charge is 0.497 e. The Morgan fingerprint density at radius 3 is 2.47 bits per heavy atom. The molecule has 1 unspecified atom stereocenters. The van der Waals surface area contributed by atoms with E-state index in [0.29, 0.717) is 12.3 Å². The third-order valence-corrected chi connectivity index (χ3v) is 8.39. The van der Waals surface area contributed by atoms with Crippen LogP contribution in [-0.2, 0) is 11.2 Å². The van der Waals surface area contributed by atoms with E-state index in [4.69, 9.17) is 4.74 Å². The number of likely N-dealkylation sites (tertiary alicyclic amines) is 1. The molecule has 0 N–H and O–H groups in total. The van der Waals surface area contributed by atoms with Crippen LogP contribution in [0.25, 0.3) is 0 Å². The minimum atomic E-state index is -0.0871. The zero-order valence-corrected chi connectivity index (χ0v) is 21.0. The van der Waals surface area contributed by atoms with Crippen LogP contribution in [-0.4, -0.2) is 72.5 Å². The second kappa shape index (κ2) is 10.6. The molecule has 7 heteroatoms. The third-order valence-electron chi connectivity index (χ3n) is 7.61. The Balaban J connectivity index is 1.29. The Bertz CT molecular complexity index is 819. The van der Waals surface area contributed by atoms with Gasteiger partial charge in [-0.2, -0.15) is 0 Å². The Hall–Kier alpha value is -1.60. The van der Waals surface area contributed by atoms with E-state index >= 15 is 0 Å². The van der Waals surface area contributed by atoms with E-state index in [2.05, 4.69) is 33.0 Å². The number of nitrogens with zero attached hydrogens (tertiary/aromatic N) is 3. The fourth-order valence-electron chi connectivity index (χ4n) is 5.57. The van der Waals surface area contributed by atoms with Gasteiger partial charge in [-0.1, -0.05) is 35.2 Å². The molecule has 0 bridgehead atoms. The zero-order chi connectivity index (χ0) is 22.7. The van der Waals surface area contributed by atoms with Gasteiger partial charge in [0, 0.05) is 30.5 Å². The molecule has 2 saturated heterocycles. The second-order valence-corrected chi connectivity index (χ2v) is 10.6. The number of amides is 3. The predicted molar refractivity (Wildman–Crippen MR) is 129 cm³/mol. The SMILES string of the molecule is COc1ccc(Br)c(CC2CCN(CC3CC(=O)N(C4CCCCC4)C(=O)N3C)CC2)c1. The van der Waals surface area contributed by atoms with E-state index in [1.165, 1.54) is 12.0 Å². The number of halogens is 1. The summed E-state index contributed by atoms with van der Waals surface area (Å²) >= 11 is 3.68. The standard InChI is InChI=1S/C25H36BrN3O3/c1-27-21(16-24(30)29(25(27)31)20-6-4-3-5-7-20)17-28-12-10-18(11-13-28)14-19-15-22(32-2)8-9-23(19)26/h8-9,15,18,20-21H,3-7,10-14,16-17H2,1-2H3. The van der Waals surface area contributed by atoms with Crippen molar-refractivity contribution < 1.29 is 14.3 Å². The molecule has 4 rings (SSSR count). The molecule has 3 amide bonds. The molecule has 1 aromatic rings. The van der Waals surface area contributed by atoms with Crippen molar-refractivity contribution in [1.82, 2.24) is 14.7 Å². The minimum Gasteiger partial charge on any atom is -0.497 e. The quantitative estimate of drug-likeness (QED) is 0.562. The van der Waals surface area contributed by atoms with Gasteiger partial charge in [0.1, 0.15) is 5.75 Å². The minimum absolute atomic E-state index is 0.0149. The highest BCUT2D eigenvalue weighted by Gasteiger charge is 2.41. The van der Waals surface area contributed by atoms with Crippen molar-refractivity contribution in [3.8, 4) is 5.75 Å². The fourth-order valence-corrected chi connectivity index (χ4v) is 5.98. The van der Waals surface area contributed by atoms with Crippen LogP contribution >= 0.6 is 15.9 Å². The van der Waals surface area contributed by atoms with Gasteiger partial charge >= 0.3 is 6.03 Å². The molecule has 1 aliphatic carbocycles. The average molecular weight is 506 g/mol. The summed E-state index contributed by atoms with van der Waals surface area (Å²) < 4.78 is 6.52.